The van der Waals surface area contributed by atoms with Gasteiger partial charge in [-0.1, -0.05) is 19.1 Å². The first kappa shape index (κ1) is 19.7. The van der Waals surface area contributed by atoms with Crippen molar-refractivity contribution in [2.24, 2.45) is 0 Å². The minimum absolute atomic E-state index is 0.0209. The van der Waals surface area contributed by atoms with Gasteiger partial charge in [0.25, 0.3) is 0 Å². The number of sulfonamides is 1. The molecule has 1 aliphatic heterocycles. The van der Waals surface area contributed by atoms with E-state index in [-0.39, 0.29) is 19.0 Å². The third-order valence-corrected chi connectivity index (χ3v) is 6.25. The quantitative estimate of drug-likeness (QED) is 0.857. The minimum Gasteiger partial charge on any atom is -0.352 e. The van der Waals surface area contributed by atoms with Crippen LogP contribution < -0.4 is 5.32 Å². The van der Waals surface area contributed by atoms with Gasteiger partial charge in [-0.05, 0) is 38.3 Å². The van der Waals surface area contributed by atoms with E-state index in [4.69, 9.17) is 0 Å². The standard InChI is InChI=1S/C16H21F3N2O3S/c1-3-11(2)20-15(22)13-8-6-10-21(13)25(23,24)14-9-5-4-7-12(14)16(17,18)19/h4-5,7,9,11,13H,3,6,8,10H2,1-2H3,(H,20,22)/t11-,13-/m0/s1. The van der Waals surface area contributed by atoms with E-state index in [1.165, 1.54) is 6.07 Å². The smallest absolute Gasteiger partial charge is 0.352 e. The highest BCUT2D eigenvalue weighted by atomic mass is 32.2. The van der Waals surface area contributed by atoms with Gasteiger partial charge in [0.05, 0.1) is 10.5 Å². The van der Waals surface area contributed by atoms with E-state index in [0.29, 0.717) is 12.8 Å². The van der Waals surface area contributed by atoms with Crippen molar-refractivity contribution in [3.63, 3.8) is 0 Å². The maximum atomic E-state index is 13.2. The van der Waals surface area contributed by atoms with Crippen LogP contribution in [0.5, 0.6) is 0 Å². The van der Waals surface area contributed by atoms with Crippen molar-refractivity contribution in [2.75, 3.05) is 6.54 Å². The second kappa shape index (κ2) is 7.33. The number of carbonyl (C=O) groups is 1. The van der Waals surface area contributed by atoms with Gasteiger partial charge in [-0.3, -0.25) is 4.79 Å². The second-order valence-corrected chi connectivity index (χ2v) is 7.94. The molecule has 0 spiro atoms. The van der Waals surface area contributed by atoms with Crippen molar-refractivity contribution in [3.8, 4) is 0 Å². The Bertz CT molecular complexity index is 734. The number of hydrogen-bond donors (Lipinski definition) is 1. The highest BCUT2D eigenvalue weighted by Crippen LogP contribution is 2.36. The molecule has 0 saturated carbocycles. The zero-order chi connectivity index (χ0) is 18.8. The summed E-state index contributed by atoms with van der Waals surface area (Å²) in [7, 11) is -4.44. The fourth-order valence-corrected chi connectivity index (χ4v) is 4.65. The van der Waals surface area contributed by atoms with E-state index >= 15 is 0 Å². The largest absolute Gasteiger partial charge is 0.417 e. The molecule has 2 rings (SSSR count). The van der Waals surface area contributed by atoms with Gasteiger partial charge in [0, 0.05) is 12.6 Å². The van der Waals surface area contributed by atoms with Gasteiger partial charge in [0.2, 0.25) is 15.9 Å². The molecular formula is C16H21F3N2O3S. The molecule has 9 heteroatoms. The van der Waals surface area contributed by atoms with Crippen LogP contribution in [0.25, 0.3) is 0 Å². The van der Waals surface area contributed by atoms with E-state index in [2.05, 4.69) is 5.32 Å². The molecule has 1 aliphatic rings. The third-order valence-electron chi connectivity index (χ3n) is 4.29. The van der Waals surface area contributed by atoms with Crippen LogP contribution >= 0.6 is 0 Å². The third kappa shape index (κ3) is 4.14. The highest BCUT2D eigenvalue weighted by Gasteiger charge is 2.44. The predicted molar refractivity (Wildman–Crippen MR) is 86.3 cm³/mol. The molecule has 5 nitrogen and oxygen atoms in total. The van der Waals surface area contributed by atoms with E-state index in [0.717, 1.165) is 22.5 Å². The average molecular weight is 378 g/mol. The lowest BCUT2D eigenvalue weighted by Crippen LogP contribution is -2.48. The summed E-state index contributed by atoms with van der Waals surface area (Å²) in [6.45, 7) is 3.67. The Morgan fingerprint density at radius 2 is 2.00 bits per heavy atom. The van der Waals surface area contributed by atoms with Crippen molar-refractivity contribution >= 4 is 15.9 Å². The lowest BCUT2D eigenvalue weighted by Gasteiger charge is -2.26. The number of alkyl halides is 3. The zero-order valence-electron chi connectivity index (χ0n) is 14.0. The van der Waals surface area contributed by atoms with Gasteiger partial charge in [0.1, 0.15) is 6.04 Å². The number of nitrogens with zero attached hydrogens (tertiary/aromatic N) is 1. The molecule has 0 radical (unpaired) electrons. The van der Waals surface area contributed by atoms with E-state index in [9.17, 15) is 26.4 Å². The molecule has 1 fully saturated rings. The van der Waals surface area contributed by atoms with Crippen molar-refractivity contribution in [1.29, 1.82) is 0 Å². The van der Waals surface area contributed by atoms with Crippen LogP contribution in [0.4, 0.5) is 13.2 Å². The predicted octanol–water partition coefficient (Wildman–Crippen LogP) is 2.77. The summed E-state index contributed by atoms with van der Waals surface area (Å²) in [4.78, 5) is 11.5. The first-order valence-corrected chi connectivity index (χ1v) is 9.51. The van der Waals surface area contributed by atoms with Gasteiger partial charge >= 0.3 is 6.18 Å². The number of carbonyl (C=O) groups excluding carboxylic acids is 1. The Morgan fingerprint density at radius 3 is 2.60 bits per heavy atom. The molecule has 2 atom stereocenters. The van der Waals surface area contributed by atoms with Gasteiger partial charge < -0.3 is 5.32 Å². The van der Waals surface area contributed by atoms with Gasteiger partial charge in [-0.25, -0.2) is 8.42 Å². The zero-order valence-corrected chi connectivity index (χ0v) is 14.8. The summed E-state index contributed by atoms with van der Waals surface area (Å²) >= 11 is 0. The van der Waals surface area contributed by atoms with Crippen LogP contribution in [-0.2, 0) is 21.0 Å². The van der Waals surface area contributed by atoms with E-state index < -0.39 is 38.6 Å². The molecule has 1 amide bonds. The molecular weight excluding hydrogens is 357 g/mol. The van der Waals surface area contributed by atoms with E-state index in [1.807, 2.05) is 6.92 Å². The van der Waals surface area contributed by atoms with E-state index in [1.54, 1.807) is 6.92 Å². The van der Waals surface area contributed by atoms with Crippen LogP contribution in [0.3, 0.4) is 0 Å². The van der Waals surface area contributed by atoms with Crippen LogP contribution in [0.2, 0.25) is 0 Å². The van der Waals surface area contributed by atoms with Crippen LogP contribution in [0, 0.1) is 0 Å². The highest BCUT2D eigenvalue weighted by molar-refractivity contribution is 7.89. The summed E-state index contributed by atoms with van der Waals surface area (Å²) in [5.41, 5.74) is -1.22. The van der Waals surface area contributed by atoms with Crippen LogP contribution in [0.15, 0.2) is 29.2 Å². The Morgan fingerprint density at radius 1 is 1.36 bits per heavy atom. The molecule has 1 aromatic carbocycles. The second-order valence-electron chi connectivity index (χ2n) is 6.09. The lowest BCUT2D eigenvalue weighted by atomic mass is 10.2. The Balaban J connectivity index is 2.38. The molecule has 0 aromatic heterocycles. The Labute approximate surface area is 145 Å². The Kier molecular flexibility index (Phi) is 5.78. The fraction of sp³-hybridized carbons (Fsp3) is 0.562. The fourth-order valence-electron chi connectivity index (χ4n) is 2.78. The van der Waals surface area contributed by atoms with Crippen LogP contribution in [-0.4, -0.2) is 37.3 Å². The summed E-state index contributed by atoms with van der Waals surface area (Å²) < 4.78 is 66.1. The monoisotopic (exact) mass is 378 g/mol. The first-order valence-electron chi connectivity index (χ1n) is 8.07. The van der Waals surface area contributed by atoms with Gasteiger partial charge in [0.15, 0.2) is 0 Å². The first-order chi connectivity index (χ1) is 11.6. The molecule has 0 bridgehead atoms. The molecule has 1 N–H and O–H groups in total. The maximum Gasteiger partial charge on any atom is 0.417 e. The topological polar surface area (TPSA) is 66.5 Å². The summed E-state index contributed by atoms with van der Waals surface area (Å²) in [5, 5.41) is 2.70. The molecule has 0 unspecified atom stereocenters. The normalized spacial score (nSPS) is 20.4. The molecule has 1 heterocycles. The number of halogens is 3. The minimum atomic E-state index is -4.79. The van der Waals surface area contributed by atoms with Crippen molar-refractivity contribution in [1.82, 2.24) is 9.62 Å². The average Bonchev–Trinajstić information content (AvgIpc) is 3.04. The number of hydrogen-bond acceptors (Lipinski definition) is 3. The molecule has 140 valence electrons. The number of nitrogens with one attached hydrogen (secondary N) is 1. The van der Waals surface area contributed by atoms with Crippen LogP contribution in [0.1, 0.15) is 38.7 Å². The van der Waals surface area contributed by atoms with Gasteiger partial charge in [-0.15, -0.1) is 0 Å². The number of rotatable bonds is 5. The maximum absolute atomic E-state index is 13.2. The molecule has 0 aliphatic carbocycles. The van der Waals surface area contributed by atoms with Crippen molar-refractivity contribution < 1.29 is 26.4 Å². The SMILES string of the molecule is CC[C@H](C)NC(=O)[C@@H]1CCCN1S(=O)(=O)c1ccccc1C(F)(F)F. The van der Waals surface area contributed by atoms with Crippen molar-refractivity contribution in [2.45, 2.75) is 56.3 Å². The number of benzene rings is 1. The Hall–Kier alpha value is -1.61. The van der Waals surface area contributed by atoms with Crippen molar-refractivity contribution in [3.05, 3.63) is 29.8 Å². The summed E-state index contributed by atoms with van der Waals surface area (Å²) in [6, 6.07) is 2.92. The lowest BCUT2D eigenvalue weighted by molar-refractivity contribution is -0.139. The molecule has 1 saturated heterocycles. The van der Waals surface area contributed by atoms with Gasteiger partial charge in [-0.2, -0.15) is 17.5 Å². The number of amides is 1. The summed E-state index contributed by atoms with van der Waals surface area (Å²) in [5.74, 6) is -0.472. The molecule has 1 aromatic rings. The molecule has 25 heavy (non-hydrogen) atoms. The summed E-state index contributed by atoms with van der Waals surface area (Å²) in [6.07, 6.45) is -3.42.